The molecule has 0 fully saturated rings. The van der Waals surface area contributed by atoms with E-state index in [0.29, 0.717) is 19.4 Å². The molecule has 0 saturated heterocycles. The molecule has 3 N–H and O–H groups in total. The number of nitrogens with one attached hydrogen (secondary N) is 1. The number of ether oxygens (including phenoxy) is 1. The number of allylic oxidation sites excluding steroid dienone is 1. The number of amides is 1. The number of esters is 1. The second-order valence-electron chi connectivity index (χ2n) is 25.3. The second-order valence-corrected chi connectivity index (χ2v) is 25.3. The lowest BCUT2D eigenvalue weighted by Gasteiger charge is -2.20. The van der Waals surface area contributed by atoms with Crippen LogP contribution in [0.25, 0.3) is 0 Å². The van der Waals surface area contributed by atoms with Gasteiger partial charge in [-0.2, -0.15) is 0 Å². The van der Waals surface area contributed by atoms with Gasteiger partial charge in [-0.25, -0.2) is 0 Å². The third-order valence-electron chi connectivity index (χ3n) is 17.3. The molecule has 0 aliphatic carbocycles. The lowest BCUT2D eigenvalue weighted by molar-refractivity contribution is -0.143. The molecule has 1 amide bonds. The van der Waals surface area contributed by atoms with Crippen molar-refractivity contribution >= 4 is 11.9 Å². The zero-order valence-electron chi connectivity index (χ0n) is 53.9. The van der Waals surface area contributed by atoms with Crippen LogP contribution >= 0.6 is 0 Å². The van der Waals surface area contributed by atoms with Crippen LogP contribution in [0.15, 0.2) is 12.2 Å². The number of aliphatic hydroxyl groups excluding tert-OH is 2. The van der Waals surface area contributed by atoms with Gasteiger partial charge in [-0.1, -0.05) is 386 Å². The van der Waals surface area contributed by atoms with Gasteiger partial charge in [0.15, 0.2) is 0 Å². The largest absolute Gasteiger partial charge is 0.466 e. The molecule has 79 heavy (non-hydrogen) atoms. The predicted octanol–water partition coefficient (Wildman–Crippen LogP) is 23.5. The molecule has 0 aromatic heterocycles. The van der Waals surface area contributed by atoms with Gasteiger partial charge in [0, 0.05) is 12.8 Å². The van der Waals surface area contributed by atoms with Crippen LogP contribution < -0.4 is 5.32 Å². The molecule has 0 heterocycles. The topological polar surface area (TPSA) is 95.9 Å². The minimum absolute atomic E-state index is 0.0195. The number of rotatable bonds is 69. The number of hydrogen-bond acceptors (Lipinski definition) is 5. The minimum atomic E-state index is -0.843. The van der Waals surface area contributed by atoms with Crippen molar-refractivity contribution in [2.75, 3.05) is 13.2 Å². The number of hydrogen-bond donors (Lipinski definition) is 3. The first kappa shape index (κ1) is 77.6. The Kier molecular flexibility index (Phi) is 67.9. The van der Waals surface area contributed by atoms with Crippen LogP contribution in [0.2, 0.25) is 0 Å². The summed E-state index contributed by atoms with van der Waals surface area (Å²) in [6.07, 6.45) is 85.9. The molecule has 470 valence electrons. The van der Waals surface area contributed by atoms with E-state index in [0.717, 1.165) is 38.5 Å². The molecule has 2 atom stereocenters. The maximum atomic E-state index is 12.5. The van der Waals surface area contributed by atoms with Crippen LogP contribution in [0.5, 0.6) is 0 Å². The monoisotopic (exact) mass is 1110 g/mol. The van der Waals surface area contributed by atoms with Gasteiger partial charge >= 0.3 is 5.97 Å². The van der Waals surface area contributed by atoms with Crippen molar-refractivity contribution in [3.8, 4) is 0 Å². The Morgan fingerprint density at radius 3 is 0.861 bits per heavy atom. The van der Waals surface area contributed by atoms with Gasteiger partial charge in [0.25, 0.3) is 0 Å². The highest BCUT2D eigenvalue weighted by molar-refractivity contribution is 5.76. The standard InChI is InChI=1S/C73H143NO5/c1-3-5-7-9-11-13-15-17-18-19-20-21-26-29-32-35-38-42-45-49-53-57-61-65-71(76)70(69-75)74-72(77)66-62-58-54-50-46-43-39-36-33-30-27-24-22-23-25-28-31-34-37-40-44-48-52-56-60-64-68-79-73(78)67-63-59-55-51-47-41-16-14-12-10-8-6-4-2/h61,65,70-71,75-76H,3-60,62-64,66-69H2,1-2H3,(H,74,77)/b65-61+. The van der Waals surface area contributed by atoms with Gasteiger partial charge in [0.2, 0.25) is 5.91 Å². The van der Waals surface area contributed by atoms with Crippen molar-refractivity contribution in [3.63, 3.8) is 0 Å². The molecule has 0 aromatic carbocycles. The Hall–Kier alpha value is -1.40. The van der Waals surface area contributed by atoms with Crippen molar-refractivity contribution in [1.29, 1.82) is 0 Å². The summed E-state index contributed by atoms with van der Waals surface area (Å²) in [6, 6.07) is -0.627. The third-order valence-corrected chi connectivity index (χ3v) is 17.3. The Balaban J connectivity index is 3.38. The number of aliphatic hydroxyl groups is 2. The van der Waals surface area contributed by atoms with Crippen molar-refractivity contribution < 1.29 is 24.5 Å². The van der Waals surface area contributed by atoms with Crippen LogP contribution in [-0.2, 0) is 14.3 Å². The summed E-state index contributed by atoms with van der Waals surface area (Å²) in [5.74, 6) is -0.0410. The van der Waals surface area contributed by atoms with Crippen LogP contribution in [-0.4, -0.2) is 47.4 Å². The predicted molar refractivity (Wildman–Crippen MR) is 347 cm³/mol. The highest BCUT2D eigenvalue weighted by Gasteiger charge is 2.18. The summed E-state index contributed by atoms with van der Waals surface area (Å²) in [7, 11) is 0. The third kappa shape index (κ3) is 65.6. The molecule has 0 spiro atoms. The molecule has 0 rings (SSSR count). The maximum Gasteiger partial charge on any atom is 0.305 e. The van der Waals surface area contributed by atoms with Gasteiger partial charge in [-0.05, 0) is 32.1 Å². The fourth-order valence-corrected chi connectivity index (χ4v) is 11.8. The molecule has 0 saturated carbocycles. The normalized spacial score (nSPS) is 12.5. The van der Waals surface area contributed by atoms with Crippen molar-refractivity contribution in [3.05, 3.63) is 12.2 Å². The lowest BCUT2D eigenvalue weighted by Crippen LogP contribution is -2.45. The van der Waals surface area contributed by atoms with Crippen molar-refractivity contribution in [1.82, 2.24) is 5.32 Å². The summed E-state index contributed by atoms with van der Waals surface area (Å²) in [5, 5.41) is 23.3. The van der Waals surface area contributed by atoms with Crippen LogP contribution in [0, 0.1) is 0 Å². The van der Waals surface area contributed by atoms with Gasteiger partial charge in [0.05, 0.1) is 25.4 Å². The Morgan fingerprint density at radius 2 is 0.582 bits per heavy atom. The number of carbonyl (C=O) groups is 2. The van der Waals surface area contributed by atoms with E-state index in [2.05, 4.69) is 19.2 Å². The maximum absolute atomic E-state index is 12.5. The summed E-state index contributed by atoms with van der Waals surface area (Å²) < 4.78 is 5.49. The van der Waals surface area contributed by atoms with E-state index in [4.69, 9.17) is 4.74 Å². The highest BCUT2D eigenvalue weighted by Crippen LogP contribution is 2.19. The van der Waals surface area contributed by atoms with E-state index in [1.54, 1.807) is 6.08 Å². The van der Waals surface area contributed by atoms with Crippen LogP contribution in [0.4, 0.5) is 0 Å². The Bertz CT molecular complexity index is 1190. The zero-order valence-corrected chi connectivity index (χ0v) is 53.9. The molecule has 2 unspecified atom stereocenters. The average molecular weight is 1110 g/mol. The van der Waals surface area contributed by atoms with Gasteiger partial charge in [-0.15, -0.1) is 0 Å². The van der Waals surface area contributed by atoms with Gasteiger partial charge < -0.3 is 20.3 Å². The number of carbonyl (C=O) groups excluding carboxylic acids is 2. The minimum Gasteiger partial charge on any atom is -0.466 e. The SMILES string of the molecule is CCCCCCCCCCCCCCCCCCCCCCC/C=C/C(O)C(CO)NC(=O)CCCCCCCCCCCCCCCCCCCCCCCCCCCCOC(=O)CCCCCCCCCCCCCCC. The van der Waals surface area contributed by atoms with Gasteiger partial charge in [0.1, 0.15) is 0 Å². The molecular weight excluding hydrogens is 971 g/mol. The van der Waals surface area contributed by atoms with E-state index in [1.807, 2.05) is 6.08 Å². The second kappa shape index (κ2) is 69.1. The average Bonchev–Trinajstić information content (AvgIpc) is 3.45. The molecular formula is C73H143NO5. The number of unbranched alkanes of at least 4 members (excludes halogenated alkanes) is 58. The molecule has 0 aromatic rings. The van der Waals surface area contributed by atoms with Gasteiger partial charge in [-0.3, -0.25) is 9.59 Å². The molecule has 0 bridgehead atoms. The molecule has 0 aliphatic rings. The summed E-state index contributed by atoms with van der Waals surface area (Å²) in [4.78, 5) is 24.6. The van der Waals surface area contributed by atoms with Crippen LogP contribution in [0.1, 0.15) is 418 Å². The lowest BCUT2D eigenvalue weighted by atomic mass is 10.0. The van der Waals surface area contributed by atoms with E-state index in [9.17, 15) is 19.8 Å². The Morgan fingerprint density at radius 1 is 0.342 bits per heavy atom. The smallest absolute Gasteiger partial charge is 0.305 e. The molecule has 0 radical (unpaired) electrons. The summed E-state index contributed by atoms with van der Waals surface area (Å²) in [5.41, 5.74) is 0. The van der Waals surface area contributed by atoms with E-state index < -0.39 is 12.1 Å². The molecule has 6 nitrogen and oxygen atoms in total. The highest BCUT2D eigenvalue weighted by atomic mass is 16.5. The van der Waals surface area contributed by atoms with E-state index in [1.165, 1.54) is 353 Å². The van der Waals surface area contributed by atoms with Crippen LogP contribution in [0.3, 0.4) is 0 Å². The first-order valence-corrected chi connectivity index (χ1v) is 36.5. The fourth-order valence-electron chi connectivity index (χ4n) is 11.8. The summed E-state index contributed by atoms with van der Waals surface area (Å²) in [6.45, 7) is 4.95. The quantitative estimate of drug-likeness (QED) is 0.0320. The summed E-state index contributed by atoms with van der Waals surface area (Å²) >= 11 is 0. The first-order chi connectivity index (χ1) is 39.0. The van der Waals surface area contributed by atoms with Crippen molar-refractivity contribution in [2.45, 2.75) is 431 Å². The zero-order chi connectivity index (χ0) is 57.1. The first-order valence-electron chi connectivity index (χ1n) is 36.5. The van der Waals surface area contributed by atoms with E-state index >= 15 is 0 Å². The van der Waals surface area contributed by atoms with E-state index in [-0.39, 0.29) is 18.5 Å². The fraction of sp³-hybridized carbons (Fsp3) is 0.945. The molecule has 6 heteroatoms. The Labute approximate surface area is 495 Å². The molecule has 0 aliphatic heterocycles. The van der Waals surface area contributed by atoms with Crippen molar-refractivity contribution in [2.24, 2.45) is 0 Å².